The third-order valence-corrected chi connectivity index (χ3v) is 5.34. The van der Waals surface area contributed by atoms with E-state index in [9.17, 15) is 19.5 Å². The lowest BCUT2D eigenvalue weighted by molar-refractivity contribution is -0.145. The van der Waals surface area contributed by atoms with E-state index in [1.54, 1.807) is 24.3 Å². The summed E-state index contributed by atoms with van der Waals surface area (Å²) >= 11 is 0. The minimum Gasteiger partial charge on any atom is -0.497 e. The van der Waals surface area contributed by atoms with Gasteiger partial charge in [-0.05, 0) is 36.2 Å². The number of hydrogen-bond acceptors (Lipinski definition) is 4. The molecular formula is C23H24N2O5. The summed E-state index contributed by atoms with van der Waals surface area (Å²) in [7, 11) is 1.53. The Morgan fingerprint density at radius 3 is 2.37 bits per heavy atom. The smallest absolute Gasteiger partial charge is 0.408 e. The van der Waals surface area contributed by atoms with Crippen molar-refractivity contribution >= 4 is 17.9 Å². The van der Waals surface area contributed by atoms with Crippen LogP contribution in [-0.2, 0) is 11.2 Å². The van der Waals surface area contributed by atoms with Crippen LogP contribution in [0.3, 0.4) is 0 Å². The highest BCUT2D eigenvalue weighted by Crippen LogP contribution is 2.32. The Bertz CT molecular complexity index is 942. The van der Waals surface area contributed by atoms with E-state index in [1.807, 2.05) is 30.3 Å². The van der Waals surface area contributed by atoms with Crippen molar-refractivity contribution in [3.63, 3.8) is 0 Å². The van der Waals surface area contributed by atoms with Crippen LogP contribution in [0.25, 0.3) is 0 Å². The van der Waals surface area contributed by atoms with Gasteiger partial charge in [-0.25, -0.2) is 4.79 Å². The van der Waals surface area contributed by atoms with E-state index in [0.29, 0.717) is 11.3 Å². The molecule has 7 nitrogen and oxygen atoms in total. The van der Waals surface area contributed by atoms with Gasteiger partial charge >= 0.3 is 6.09 Å². The summed E-state index contributed by atoms with van der Waals surface area (Å²) in [5, 5.41) is 9.82. The molecule has 3 amide bonds. The zero-order chi connectivity index (χ0) is 21.7. The van der Waals surface area contributed by atoms with E-state index in [1.165, 1.54) is 13.2 Å². The van der Waals surface area contributed by atoms with E-state index in [4.69, 9.17) is 4.74 Å². The monoisotopic (exact) mass is 408 g/mol. The molecule has 0 aliphatic carbocycles. The molecule has 1 saturated heterocycles. The minimum atomic E-state index is -1.44. The summed E-state index contributed by atoms with van der Waals surface area (Å²) in [6, 6.07) is 15.6. The van der Waals surface area contributed by atoms with Gasteiger partial charge in [0.05, 0.1) is 7.11 Å². The van der Waals surface area contributed by atoms with Crippen molar-refractivity contribution in [1.29, 1.82) is 0 Å². The van der Waals surface area contributed by atoms with Crippen LogP contribution in [0, 0.1) is 0 Å². The molecule has 1 heterocycles. The van der Waals surface area contributed by atoms with E-state index >= 15 is 0 Å². The zero-order valence-electron chi connectivity index (χ0n) is 16.8. The molecule has 1 atom stereocenters. The third kappa shape index (κ3) is 3.91. The van der Waals surface area contributed by atoms with E-state index < -0.39 is 23.4 Å². The average molecular weight is 408 g/mol. The SMILES string of the molecule is C=CCC1(Cc2ccccc2)C(=O)N(C(=O)c2ccc(OC)cc2)CCN1C(=O)O. The molecule has 0 aromatic heterocycles. The fourth-order valence-electron chi connectivity index (χ4n) is 3.86. The van der Waals surface area contributed by atoms with Gasteiger partial charge in [-0.3, -0.25) is 19.4 Å². The standard InChI is InChI=1S/C23H24N2O5/c1-3-13-23(16-17-7-5-4-6-8-17)21(27)24(14-15-25(23)22(28)29)20(26)18-9-11-19(30-2)12-10-18/h3-12H,1,13-16H2,2H3,(H,28,29). The lowest BCUT2D eigenvalue weighted by Gasteiger charge is -2.47. The largest absolute Gasteiger partial charge is 0.497 e. The van der Waals surface area contributed by atoms with Gasteiger partial charge in [0.2, 0.25) is 0 Å². The van der Waals surface area contributed by atoms with Crippen molar-refractivity contribution in [2.45, 2.75) is 18.4 Å². The maximum Gasteiger partial charge on any atom is 0.408 e. The number of benzene rings is 2. The number of methoxy groups -OCH3 is 1. The first-order valence-corrected chi connectivity index (χ1v) is 9.58. The van der Waals surface area contributed by atoms with Crippen LogP contribution in [0.15, 0.2) is 67.3 Å². The van der Waals surface area contributed by atoms with E-state index in [2.05, 4.69) is 6.58 Å². The number of ether oxygens (including phenoxy) is 1. The third-order valence-electron chi connectivity index (χ3n) is 5.34. The van der Waals surface area contributed by atoms with Gasteiger partial charge < -0.3 is 9.84 Å². The van der Waals surface area contributed by atoms with Gasteiger partial charge in [-0.15, -0.1) is 6.58 Å². The summed E-state index contributed by atoms with van der Waals surface area (Å²) in [5.41, 5.74) is -0.298. The molecule has 7 heteroatoms. The summed E-state index contributed by atoms with van der Waals surface area (Å²) in [6.45, 7) is 3.75. The first-order chi connectivity index (χ1) is 14.4. The molecule has 1 aliphatic heterocycles. The molecule has 0 spiro atoms. The van der Waals surface area contributed by atoms with Gasteiger partial charge in [-0.2, -0.15) is 0 Å². The summed E-state index contributed by atoms with van der Waals surface area (Å²) < 4.78 is 5.11. The highest BCUT2D eigenvalue weighted by Gasteiger charge is 2.52. The molecule has 1 aliphatic rings. The van der Waals surface area contributed by atoms with Crippen LogP contribution in [-0.4, -0.2) is 58.6 Å². The Morgan fingerprint density at radius 2 is 1.80 bits per heavy atom. The molecule has 0 bridgehead atoms. The lowest BCUT2D eigenvalue weighted by Crippen LogP contribution is -2.68. The van der Waals surface area contributed by atoms with Crippen molar-refractivity contribution in [1.82, 2.24) is 9.80 Å². The van der Waals surface area contributed by atoms with Crippen LogP contribution in [0.5, 0.6) is 5.75 Å². The van der Waals surface area contributed by atoms with Gasteiger partial charge in [0.25, 0.3) is 11.8 Å². The number of amides is 3. The molecule has 2 aromatic rings. The molecule has 0 radical (unpaired) electrons. The van der Waals surface area contributed by atoms with Crippen molar-refractivity contribution in [2.24, 2.45) is 0 Å². The normalized spacial score (nSPS) is 18.8. The Morgan fingerprint density at radius 1 is 1.13 bits per heavy atom. The van der Waals surface area contributed by atoms with E-state index in [-0.39, 0.29) is 25.9 Å². The molecular weight excluding hydrogens is 384 g/mol. The summed E-state index contributed by atoms with van der Waals surface area (Å²) in [6.07, 6.45) is 0.576. The number of carboxylic acid groups (broad SMARTS) is 1. The molecule has 2 aromatic carbocycles. The minimum absolute atomic E-state index is 0.0102. The van der Waals surface area contributed by atoms with E-state index in [0.717, 1.165) is 15.4 Å². The quantitative estimate of drug-likeness (QED) is 0.586. The molecule has 0 saturated carbocycles. The van der Waals surface area contributed by atoms with Crippen LogP contribution in [0.1, 0.15) is 22.3 Å². The maximum absolute atomic E-state index is 13.6. The molecule has 1 fully saturated rings. The number of nitrogens with zero attached hydrogens (tertiary/aromatic N) is 2. The van der Waals surface area contributed by atoms with Gasteiger partial charge in [-0.1, -0.05) is 36.4 Å². The lowest BCUT2D eigenvalue weighted by atomic mass is 9.82. The number of hydrogen-bond donors (Lipinski definition) is 1. The topological polar surface area (TPSA) is 87.2 Å². The highest BCUT2D eigenvalue weighted by atomic mass is 16.5. The predicted molar refractivity (Wildman–Crippen MR) is 111 cm³/mol. The molecule has 1 unspecified atom stereocenters. The fourth-order valence-corrected chi connectivity index (χ4v) is 3.86. The van der Waals surface area contributed by atoms with Crippen LogP contribution < -0.4 is 4.74 Å². The highest BCUT2D eigenvalue weighted by molar-refractivity contribution is 6.08. The van der Waals surface area contributed by atoms with Crippen molar-refractivity contribution in [3.05, 3.63) is 78.4 Å². The number of piperazine rings is 1. The second-order valence-electron chi connectivity index (χ2n) is 7.11. The average Bonchev–Trinajstić information content (AvgIpc) is 2.76. The van der Waals surface area contributed by atoms with Crippen LogP contribution >= 0.6 is 0 Å². The first-order valence-electron chi connectivity index (χ1n) is 9.58. The fraction of sp³-hybridized carbons (Fsp3) is 0.261. The van der Waals surface area contributed by atoms with Crippen molar-refractivity contribution < 1.29 is 24.2 Å². The summed E-state index contributed by atoms with van der Waals surface area (Å²) in [4.78, 5) is 41.0. The molecule has 1 N–H and O–H groups in total. The maximum atomic E-state index is 13.6. The van der Waals surface area contributed by atoms with Gasteiger partial charge in [0.15, 0.2) is 0 Å². The number of imide groups is 1. The number of carbonyl (C=O) groups excluding carboxylic acids is 2. The second kappa shape index (κ2) is 8.82. The van der Waals surface area contributed by atoms with Crippen LogP contribution in [0.4, 0.5) is 4.79 Å². The van der Waals surface area contributed by atoms with Gasteiger partial charge in [0, 0.05) is 25.1 Å². The number of rotatable bonds is 6. The van der Waals surface area contributed by atoms with Crippen molar-refractivity contribution in [2.75, 3.05) is 20.2 Å². The van der Waals surface area contributed by atoms with Crippen molar-refractivity contribution in [3.8, 4) is 5.75 Å². The Hall–Kier alpha value is -3.61. The molecule has 30 heavy (non-hydrogen) atoms. The molecule has 3 rings (SSSR count). The number of carbonyl (C=O) groups is 3. The molecule has 156 valence electrons. The van der Waals surface area contributed by atoms with Gasteiger partial charge in [0.1, 0.15) is 11.3 Å². The van der Waals surface area contributed by atoms with Crippen LogP contribution in [0.2, 0.25) is 0 Å². The predicted octanol–water partition coefficient (Wildman–Crippen LogP) is 3.22. The first kappa shape index (κ1) is 21.1. The Balaban J connectivity index is 2.00. The zero-order valence-corrected chi connectivity index (χ0v) is 16.8. The Kier molecular flexibility index (Phi) is 6.20. The summed E-state index contributed by atoms with van der Waals surface area (Å²) in [5.74, 6) is -0.409. The second-order valence-corrected chi connectivity index (χ2v) is 7.11. The Labute approximate surface area is 175 Å².